The van der Waals surface area contributed by atoms with Crippen LogP contribution in [0.2, 0.25) is 0 Å². The number of carbonyl (C=O) groups excluding carboxylic acids is 1. The fourth-order valence-electron chi connectivity index (χ4n) is 1.52. The first-order chi connectivity index (χ1) is 8.97. The monoisotopic (exact) mass is 264 g/mol. The van der Waals surface area contributed by atoms with Crippen LogP contribution >= 0.6 is 0 Å². The van der Waals surface area contributed by atoms with Gasteiger partial charge in [-0.1, -0.05) is 0 Å². The Labute approximate surface area is 107 Å². The van der Waals surface area contributed by atoms with E-state index in [1.165, 1.54) is 24.3 Å². The van der Waals surface area contributed by atoms with Crippen LogP contribution in [0, 0.1) is 11.6 Å². The molecule has 0 radical (unpaired) electrons. The number of hydrogen-bond donors (Lipinski definition) is 3. The molecular formula is C13H10F2N2O2. The number of phenolic OH excluding ortho intramolecular Hbond substituents is 1. The second-order valence-electron chi connectivity index (χ2n) is 3.85. The predicted octanol–water partition coefficient (Wildman–Crippen LogP) is 2.50. The molecule has 0 aliphatic rings. The second kappa shape index (κ2) is 4.93. The van der Waals surface area contributed by atoms with Crippen LogP contribution in [0.5, 0.6) is 5.75 Å². The molecule has 6 heteroatoms. The van der Waals surface area contributed by atoms with E-state index in [2.05, 4.69) is 5.32 Å². The van der Waals surface area contributed by atoms with Crippen molar-refractivity contribution < 1.29 is 18.7 Å². The van der Waals surface area contributed by atoms with E-state index < -0.39 is 17.5 Å². The van der Waals surface area contributed by atoms with E-state index in [0.717, 1.165) is 6.07 Å². The van der Waals surface area contributed by atoms with Gasteiger partial charge in [-0.15, -0.1) is 0 Å². The summed E-state index contributed by atoms with van der Waals surface area (Å²) in [6, 6.07) is 6.90. The van der Waals surface area contributed by atoms with Crippen molar-refractivity contribution in [2.24, 2.45) is 0 Å². The topological polar surface area (TPSA) is 75.3 Å². The smallest absolute Gasteiger partial charge is 0.255 e. The zero-order chi connectivity index (χ0) is 14.0. The first-order valence-electron chi connectivity index (χ1n) is 5.32. The van der Waals surface area contributed by atoms with E-state index in [-0.39, 0.29) is 22.7 Å². The highest BCUT2D eigenvalue weighted by atomic mass is 19.1. The van der Waals surface area contributed by atoms with Crippen molar-refractivity contribution in [3.8, 4) is 5.75 Å². The zero-order valence-electron chi connectivity index (χ0n) is 9.65. The highest BCUT2D eigenvalue weighted by molar-refractivity contribution is 6.05. The minimum Gasteiger partial charge on any atom is -0.508 e. The summed E-state index contributed by atoms with van der Waals surface area (Å²) in [4.78, 5) is 11.8. The first kappa shape index (κ1) is 12.8. The number of phenols is 1. The summed E-state index contributed by atoms with van der Waals surface area (Å²) in [5, 5.41) is 11.3. The molecule has 2 aromatic rings. The van der Waals surface area contributed by atoms with Gasteiger partial charge in [0.25, 0.3) is 5.91 Å². The Bertz CT molecular complexity index is 604. The summed E-state index contributed by atoms with van der Waals surface area (Å²) in [5.74, 6) is -2.39. The maximum Gasteiger partial charge on any atom is 0.255 e. The Morgan fingerprint density at radius 2 is 1.79 bits per heavy atom. The number of halogens is 2. The van der Waals surface area contributed by atoms with Crippen LogP contribution in [0.1, 0.15) is 10.4 Å². The Kier molecular flexibility index (Phi) is 3.33. The Morgan fingerprint density at radius 1 is 1.16 bits per heavy atom. The number of nitrogen functional groups attached to an aromatic ring is 1. The lowest BCUT2D eigenvalue weighted by molar-refractivity contribution is 0.102. The van der Waals surface area contributed by atoms with Gasteiger partial charge < -0.3 is 16.2 Å². The van der Waals surface area contributed by atoms with Gasteiger partial charge in [0.1, 0.15) is 17.3 Å². The third kappa shape index (κ3) is 2.79. The largest absolute Gasteiger partial charge is 0.508 e. The number of carbonyl (C=O) groups is 1. The molecule has 0 bridgehead atoms. The molecule has 1 amide bonds. The van der Waals surface area contributed by atoms with Gasteiger partial charge in [0.2, 0.25) is 0 Å². The second-order valence-corrected chi connectivity index (χ2v) is 3.85. The van der Waals surface area contributed by atoms with E-state index in [0.29, 0.717) is 6.07 Å². The van der Waals surface area contributed by atoms with Gasteiger partial charge in [-0.05, 0) is 30.3 Å². The molecule has 2 aromatic carbocycles. The molecule has 19 heavy (non-hydrogen) atoms. The fourth-order valence-corrected chi connectivity index (χ4v) is 1.52. The molecule has 4 nitrogen and oxygen atoms in total. The molecule has 0 saturated carbocycles. The summed E-state index contributed by atoms with van der Waals surface area (Å²) in [6.45, 7) is 0. The average molecular weight is 264 g/mol. The Balaban J connectivity index is 2.26. The highest BCUT2D eigenvalue weighted by Gasteiger charge is 2.13. The Hall–Kier alpha value is -2.63. The number of hydrogen-bond acceptors (Lipinski definition) is 3. The van der Waals surface area contributed by atoms with Gasteiger partial charge in [0.05, 0.1) is 5.69 Å². The molecule has 0 unspecified atom stereocenters. The van der Waals surface area contributed by atoms with Gasteiger partial charge in [-0.25, -0.2) is 8.78 Å². The van der Waals surface area contributed by atoms with Crippen LogP contribution in [-0.4, -0.2) is 11.0 Å². The molecule has 0 saturated heterocycles. The molecule has 0 atom stereocenters. The molecule has 0 aromatic heterocycles. The lowest BCUT2D eigenvalue weighted by atomic mass is 10.2. The molecular weight excluding hydrogens is 254 g/mol. The minimum atomic E-state index is -0.954. The van der Waals surface area contributed by atoms with E-state index in [1.807, 2.05) is 0 Å². The molecule has 0 aliphatic heterocycles. The van der Waals surface area contributed by atoms with Crippen molar-refractivity contribution in [3.63, 3.8) is 0 Å². The fraction of sp³-hybridized carbons (Fsp3) is 0. The van der Waals surface area contributed by atoms with E-state index in [9.17, 15) is 13.6 Å². The first-order valence-corrected chi connectivity index (χ1v) is 5.32. The number of benzene rings is 2. The summed E-state index contributed by atoms with van der Waals surface area (Å²) >= 11 is 0. The summed E-state index contributed by atoms with van der Waals surface area (Å²) < 4.78 is 26.3. The summed E-state index contributed by atoms with van der Waals surface area (Å²) in [5.41, 5.74) is 5.16. The van der Waals surface area contributed by atoms with E-state index in [1.54, 1.807) is 0 Å². The number of nitrogens with two attached hydrogens (primary N) is 1. The standard InChI is InChI=1S/C13H10F2N2O2/c14-8-5-10(15)12(11(16)6-8)17-13(19)7-1-3-9(18)4-2-7/h1-6,18H,16H2,(H,17,19). The van der Waals surface area contributed by atoms with Gasteiger partial charge in [0, 0.05) is 11.6 Å². The van der Waals surface area contributed by atoms with Crippen molar-refractivity contribution in [2.75, 3.05) is 11.1 Å². The maximum absolute atomic E-state index is 13.5. The number of amides is 1. The van der Waals surface area contributed by atoms with Crippen LogP contribution in [0.3, 0.4) is 0 Å². The van der Waals surface area contributed by atoms with Crippen molar-refractivity contribution in [1.82, 2.24) is 0 Å². The highest BCUT2D eigenvalue weighted by Crippen LogP contribution is 2.24. The number of aromatic hydroxyl groups is 1. The molecule has 0 fully saturated rings. The normalized spacial score (nSPS) is 10.2. The van der Waals surface area contributed by atoms with E-state index in [4.69, 9.17) is 10.8 Å². The van der Waals surface area contributed by atoms with E-state index >= 15 is 0 Å². The lowest BCUT2D eigenvalue weighted by Crippen LogP contribution is -2.14. The van der Waals surface area contributed by atoms with Crippen LogP contribution < -0.4 is 11.1 Å². The van der Waals surface area contributed by atoms with Gasteiger partial charge >= 0.3 is 0 Å². The zero-order valence-corrected chi connectivity index (χ0v) is 9.65. The molecule has 2 rings (SSSR count). The van der Waals surface area contributed by atoms with Crippen molar-refractivity contribution >= 4 is 17.3 Å². The molecule has 0 aliphatic carbocycles. The SMILES string of the molecule is Nc1cc(F)cc(F)c1NC(=O)c1ccc(O)cc1. The average Bonchev–Trinajstić information content (AvgIpc) is 2.34. The minimum absolute atomic E-state index is 0.00373. The van der Waals surface area contributed by atoms with Gasteiger partial charge in [-0.2, -0.15) is 0 Å². The lowest BCUT2D eigenvalue weighted by Gasteiger charge is -2.09. The molecule has 4 N–H and O–H groups in total. The molecule has 0 spiro atoms. The number of rotatable bonds is 2. The van der Waals surface area contributed by atoms with Crippen LogP contribution in [0.25, 0.3) is 0 Å². The van der Waals surface area contributed by atoms with Crippen molar-refractivity contribution in [1.29, 1.82) is 0 Å². The van der Waals surface area contributed by atoms with Gasteiger partial charge in [-0.3, -0.25) is 4.79 Å². The van der Waals surface area contributed by atoms with Crippen molar-refractivity contribution in [2.45, 2.75) is 0 Å². The predicted molar refractivity (Wildman–Crippen MR) is 66.8 cm³/mol. The molecule has 0 heterocycles. The van der Waals surface area contributed by atoms with Crippen LogP contribution in [-0.2, 0) is 0 Å². The number of nitrogens with one attached hydrogen (secondary N) is 1. The summed E-state index contributed by atoms with van der Waals surface area (Å²) in [7, 11) is 0. The molecule has 98 valence electrons. The third-order valence-corrected chi connectivity index (χ3v) is 2.45. The van der Waals surface area contributed by atoms with Crippen LogP contribution in [0.4, 0.5) is 20.2 Å². The quantitative estimate of drug-likeness (QED) is 0.729. The maximum atomic E-state index is 13.5. The summed E-state index contributed by atoms with van der Waals surface area (Å²) in [6.07, 6.45) is 0. The Morgan fingerprint density at radius 3 is 2.37 bits per heavy atom. The number of anilines is 2. The van der Waals surface area contributed by atoms with Gasteiger partial charge in [0.15, 0.2) is 5.82 Å². The third-order valence-electron chi connectivity index (χ3n) is 2.45. The van der Waals surface area contributed by atoms with Crippen molar-refractivity contribution in [3.05, 3.63) is 53.6 Å². The van der Waals surface area contributed by atoms with Crippen LogP contribution in [0.15, 0.2) is 36.4 Å².